The zero-order chi connectivity index (χ0) is 25.6. The van der Waals surface area contributed by atoms with E-state index < -0.39 is 18.0 Å². The van der Waals surface area contributed by atoms with Crippen molar-refractivity contribution >= 4 is 41.0 Å². The molecule has 2 rings (SSSR count). The number of Topliss-reactive ketones (excluding diaryl/α,β-unsaturated/α-hetero) is 1. The predicted octanol–water partition coefficient (Wildman–Crippen LogP) is 5.02. The number of ketones is 1. The zero-order valence-corrected chi connectivity index (χ0v) is 22.1. The molecule has 2 aromatic rings. The summed E-state index contributed by atoms with van der Waals surface area (Å²) in [6.07, 6.45) is 4.33. The van der Waals surface area contributed by atoms with Crippen molar-refractivity contribution in [2.75, 3.05) is 12.4 Å². The van der Waals surface area contributed by atoms with Gasteiger partial charge in [0.2, 0.25) is 5.91 Å². The van der Waals surface area contributed by atoms with Gasteiger partial charge in [-0.25, -0.2) is 0 Å². The number of hydrogen-bond donors (Lipinski definition) is 2. The summed E-state index contributed by atoms with van der Waals surface area (Å²) >= 11 is 7.32. The molecule has 0 saturated carbocycles. The Hall–Kier alpha value is -2.45. The SMILES string of the molecule is CCCC[C@H](NC(=O)[C@H](CC(C)C)NC(=O)COc1ccc(Cl)cc1)C(=O)CSCc1ccco1. The first kappa shape index (κ1) is 28.8. The van der Waals surface area contributed by atoms with E-state index in [4.69, 9.17) is 20.8 Å². The Morgan fingerprint density at radius 1 is 1.09 bits per heavy atom. The number of carbonyl (C=O) groups excluding carboxylic acids is 3. The highest BCUT2D eigenvalue weighted by molar-refractivity contribution is 7.99. The summed E-state index contributed by atoms with van der Waals surface area (Å²) in [6, 6.07) is 9.00. The van der Waals surface area contributed by atoms with Gasteiger partial charge in [-0.1, -0.05) is 45.2 Å². The summed E-state index contributed by atoms with van der Waals surface area (Å²) < 4.78 is 10.8. The number of unbranched alkanes of at least 4 members (excludes halogenated alkanes) is 1. The van der Waals surface area contributed by atoms with Gasteiger partial charge in [0.1, 0.15) is 17.6 Å². The van der Waals surface area contributed by atoms with Gasteiger partial charge in [-0.05, 0) is 55.2 Å². The summed E-state index contributed by atoms with van der Waals surface area (Å²) in [5, 5.41) is 6.22. The van der Waals surface area contributed by atoms with Gasteiger partial charge in [-0.15, -0.1) is 11.8 Å². The molecule has 0 spiro atoms. The molecule has 0 aliphatic heterocycles. The standard InChI is InChI=1S/C26H35ClN2O5S/c1-4-5-8-22(24(30)17-35-16-21-7-6-13-33-21)29-26(32)23(14-18(2)3)28-25(31)15-34-20-11-9-19(27)10-12-20/h6-7,9-13,18,22-23H,4-5,8,14-17H2,1-3H3,(H,28,31)(H,29,32)/t22-,23-/m0/s1. The molecule has 9 heteroatoms. The van der Waals surface area contributed by atoms with Crippen LogP contribution in [-0.4, -0.2) is 42.0 Å². The molecule has 0 fully saturated rings. The molecule has 0 bridgehead atoms. The fourth-order valence-corrected chi connectivity index (χ4v) is 4.36. The molecule has 192 valence electrons. The predicted molar refractivity (Wildman–Crippen MR) is 140 cm³/mol. The van der Waals surface area contributed by atoms with Gasteiger partial charge in [0, 0.05) is 5.02 Å². The van der Waals surface area contributed by atoms with E-state index in [0.717, 1.165) is 18.6 Å². The van der Waals surface area contributed by atoms with Crippen molar-refractivity contribution in [2.45, 2.75) is 64.3 Å². The first-order chi connectivity index (χ1) is 16.8. The second kappa shape index (κ2) is 15.5. The number of rotatable bonds is 16. The molecule has 35 heavy (non-hydrogen) atoms. The smallest absolute Gasteiger partial charge is 0.258 e. The molecule has 0 aliphatic rings. The molecule has 1 heterocycles. The fourth-order valence-electron chi connectivity index (χ4n) is 3.36. The molecule has 7 nitrogen and oxygen atoms in total. The van der Waals surface area contributed by atoms with Crippen LogP contribution in [0.25, 0.3) is 0 Å². The van der Waals surface area contributed by atoms with Crippen molar-refractivity contribution in [3.05, 3.63) is 53.4 Å². The van der Waals surface area contributed by atoms with Gasteiger partial charge in [0.25, 0.3) is 5.91 Å². The van der Waals surface area contributed by atoms with Gasteiger partial charge >= 0.3 is 0 Å². The van der Waals surface area contributed by atoms with E-state index >= 15 is 0 Å². The number of ether oxygens (including phenoxy) is 1. The minimum atomic E-state index is -0.760. The molecule has 0 aliphatic carbocycles. The number of thioether (sulfide) groups is 1. The van der Waals surface area contributed by atoms with Gasteiger partial charge in [-0.2, -0.15) is 0 Å². The van der Waals surface area contributed by atoms with Crippen LogP contribution in [0.3, 0.4) is 0 Å². The minimum Gasteiger partial charge on any atom is -0.484 e. The van der Waals surface area contributed by atoms with Crippen LogP contribution in [-0.2, 0) is 20.1 Å². The maximum absolute atomic E-state index is 13.1. The van der Waals surface area contributed by atoms with Crippen molar-refractivity contribution < 1.29 is 23.5 Å². The van der Waals surface area contributed by atoms with E-state index in [1.54, 1.807) is 30.5 Å². The molecule has 0 radical (unpaired) electrons. The second-order valence-electron chi connectivity index (χ2n) is 8.73. The Bertz CT molecular complexity index is 918. The van der Waals surface area contributed by atoms with Crippen LogP contribution in [0.4, 0.5) is 0 Å². The lowest BCUT2D eigenvalue weighted by molar-refractivity contribution is -0.132. The number of nitrogens with one attached hydrogen (secondary N) is 2. The molecule has 1 aromatic carbocycles. The lowest BCUT2D eigenvalue weighted by Crippen LogP contribution is -2.53. The largest absolute Gasteiger partial charge is 0.484 e. The maximum Gasteiger partial charge on any atom is 0.258 e. The third-order valence-electron chi connectivity index (χ3n) is 5.16. The Labute approximate surface area is 216 Å². The van der Waals surface area contributed by atoms with Crippen LogP contribution < -0.4 is 15.4 Å². The highest BCUT2D eigenvalue weighted by Crippen LogP contribution is 2.16. The summed E-state index contributed by atoms with van der Waals surface area (Å²) in [6.45, 7) is 5.76. The van der Waals surface area contributed by atoms with E-state index in [9.17, 15) is 14.4 Å². The van der Waals surface area contributed by atoms with Crippen LogP contribution in [0.2, 0.25) is 5.02 Å². The van der Waals surface area contributed by atoms with Crippen LogP contribution in [0.5, 0.6) is 5.75 Å². The fraction of sp³-hybridized carbons (Fsp3) is 0.500. The van der Waals surface area contributed by atoms with Crippen LogP contribution >= 0.6 is 23.4 Å². The van der Waals surface area contributed by atoms with E-state index in [-0.39, 0.29) is 30.0 Å². The first-order valence-corrected chi connectivity index (χ1v) is 13.4. The molecule has 0 saturated heterocycles. The summed E-state index contributed by atoms with van der Waals surface area (Å²) in [5.41, 5.74) is 0. The third kappa shape index (κ3) is 11.2. The Balaban J connectivity index is 1.93. The Morgan fingerprint density at radius 3 is 2.46 bits per heavy atom. The average molecular weight is 523 g/mol. The number of amides is 2. The zero-order valence-electron chi connectivity index (χ0n) is 20.6. The number of carbonyl (C=O) groups is 3. The van der Waals surface area contributed by atoms with Gasteiger partial charge in [0.05, 0.1) is 23.8 Å². The van der Waals surface area contributed by atoms with Crippen LogP contribution in [0.15, 0.2) is 47.1 Å². The molecule has 0 unspecified atom stereocenters. The van der Waals surface area contributed by atoms with Crippen molar-refractivity contribution in [1.29, 1.82) is 0 Å². The number of benzene rings is 1. The van der Waals surface area contributed by atoms with Crippen LogP contribution in [0.1, 0.15) is 52.2 Å². The van der Waals surface area contributed by atoms with Gasteiger partial charge in [-0.3, -0.25) is 14.4 Å². The van der Waals surface area contributed by atoms with Crippen molar-refractivity contribution in [2.24, 2.45) is 5.92 Å². The lowest BCUT2D eigenvalue weighted by Gasteiger charge is -2.24. The van der Waals surface area contributed by atoms with E-state index in [2.05, 4.69) is 10.6 Å². The Kier molecular flexibility index (Phi) is 12.8. The molecule has 2 N–H and O–H groups in total. The third-order valence-corrected chi connectivity index (χ3v) is 6.39. The lowest BCUT2D eigenvalue weighted by atomic mass is 10.0. The van der Waals surface area contributed by atoms with Crippen molar-refractivity contribution in [1.82, 2.24) is 10.6 Å². The quantitative estimate of drug-likeness (QED) is 0.321. The molecule has 1 aromatic heterocycles. The van der Waals surface area contributed by atoms with E-state index in [0.29, 0.717) is 29.4 Å². The summed E-state index contributed by atoms with van der Waals surface area (Å²) in [5.74, 6) is 1.53. The second-order valence-corrected chi connectivity index (χ2v) is 10.2. The minimum absolute atomic E-state index is 0.0379. The topological polar surface area (TPSA) is 97.6 Å². The molecular weight excluding hydrogens is 488 g/mol. The van der Waals surface area contributed by atoms with Crippen LogP contribution in [0, 0.1) is 5.92 Å². The first-order valence-electron chi connectivity index (χ1n) is 11.9. The normalized spacial score (nSPS) is 12.7. The van der Waals surface area contributed by atoms with Gasteiger partial charge in [0.15, 0.2) is 12.4 Å². The highest BCUT2D eigenvalue weighted by Gasteiger charge is 2.27. The van der Waals surface area contributed by atoms with Gasteiger partial charge < -0.3 is 19.8 Å². The number of halogens is 1. The Morgan fingerprint density at radius 2 is 1.83 bits per heavy atom. The summed E-state index contributed by atoms with van der Waals surface area (Å²) in [4.78, 5) is 38.5. The van der Waals surface area contributed by atoms with Crippen molar-refractivity contribution in [3.63, 3.8) is 0 Å². The molecule has 2 amide bonds. The summed E-state index contributed by atoms with van der Waals surface area (Å²) in [7, 11) is 0. The monoisotopic (exact) mass is 522 g/mol. The number of hydrogen-bond acceptors (Lipinski definition) is 6. The van der Waals surface area contributed by atoms with E-state index in [1.807, 2.05) is 32.9 Å². The molecular formula is C26H35ClN2O5S. The van der Waals surface area contributed by atoms with E-state index in [1.165, 1.54) is 11.8 Å². The molecule has 2 atom stereocenters. The van der Waals surface area contributed by atoms with Crippen molar-refractivity contribution in [3.8, 4) is 5.75 Å². The highest BCUT2D eigenvalue weighted by atomic mass is 35.5. The maximum atomic E-state index is 13.1. The average Bonchev–Trinajstić information content (AvgIpc) is 3.34. The number of furan rings is 1.